The van der Waals surface area contributed by atoms with E-state index in [-0.39, 0.29) is 11.8 Å². The molecule has 0 unspecified atom stereocenters. The lowest BCUT2D eigenvalue weighted by Gasteiger charge is -2.30. The molecule has 1 saturated carbocycles. The van der Waals surface area contributed by atoms with Gasteiger partial charge in [0, 0.05) is 22.2 Å². The van der Waals surface area contributed by atoms with Gasteiger partial charge in [-0.1, -0.05) is 28.9 Å². The van der Waals surface area contributed by atoms with Crippen molar-refractivity contribution in [2.45, 2.75) is 51.2 Å². The molecule has 1 amide bonds. The molecule has 0 radical (unpaired) electrons. The largest absolute Gasteiger partial charge is 0.490 e. The summed E-state index contributed by atoms with van der Waals surface area (Å²) in [5.41, 5.74) is 1.64. The minimum atomic E-state index is -0.00429. The predicted molar refractivity (Wildman–Crippen MR) is 131 cm³/mol. The number of piperidine rings is 1. The number of amides is 1. The van der Waals surface area contributed by atoms with E-state index in [2.05, 4.69) is 20.4 Å². The molecule has 2 fully saturated rings. The first-order chi connectivity index (χ1) is 16.6. The number of benzene rings is 2. The van der Waals surface area contributed by atoms with E-state index in [9.17, 15) is 4.79 Å². The summed E-state index contributed by atoms with van der Waals surface area (Å²) in [6.45, 7) is 2.19. The van der Waals surface area contributed by atoms with Crippen LogP contribution in [0.3, 0.4) is 0 Å². The standard InChI is InChI=1S/C26H29ClN4O3/c27-20-5-3-4-19(16-20)25-29-24(34-30-25)17-31-14-12-18(13-15-31)26(32)28-21-8-10-23(11-9-21)33-22-6-1-2-7-22/h3-5,8-11,16,18,22H,1-2,6-7,12-15,17H2,(H,28,32). The molecule has 1 aromatic heterocycles. The van der Waals surface area contributed by atoms with E-state index < -0.39 is 0 Å². The Morgan fingerprint density at radius 1 is 1.09 bits per heavy atom. The van der Waals surface area contributed by atoms with E-state index in [1.807, 2.05) is 48.5 Å². The van der Waals surface area contributed by atoms with Crippen molar-refractivity contribution in [3.8, 4) is 17.1 Å². The zero-order valence-electron chi connectivity index (χ0n) is 19.1. The van der Waals surface area contributed by atoms with Gasteiger partial charge < -0.3 is 14.6 Å². The summed E-state index contributed by atoms with van der Waals surface area (Å²) in [5, 5.41) is 7.77. The first kappa shape index (κ1) is 22.9. The number of ether oxygens (including phenoxy) is 1. The van der Waals surface area contributed by atoms with Crippen LogP contribution >= 0.6 is 11.6 Å². The number of rotatable bonds is 7. The number of nitrogens with one attached hydrogen (secondary N) is 1. The number of hydrogen-bond acceptors (Lipinski definition) is 6. The number of carbonyl (C=O) groups excluding carboxylic acids is 1. The van der Waals surface area contributed by atoms with Gasteiger partial charge >= 0.3 is 0 Å². The zero-order valence-corrected chi connectivity index (χ0v) is 19.8. The van der Waals surface area contributed by atoms with Crippen LogP contribution in [0.2, 0.25) is 5.02 Å². The number of nitrogens with zero attached hydrogens (tertiary/aromatic N) is 3. The van der Waals surface area contributed by atoms with Crippen molar-refractivity contribution in [2.24, 2.45) is 5.92 Å². The molecule has 2 aliphatic rings. The van der Waals surface area contributed by atoms with Gasteiger partial charge in [-0.3, -0.25) is 9.69 Å². The summed E-state index contributed by atoms with van der Waals surface area (Å²) < 4.78 is 11.4. The van der Waals surface area contributed by atoms with Crippen molar-refractivity contribution < 1.29 is 14.1 Å². The van der Waals surface area contributed by atoms with Crippen LogP contribution in [0.25, 0.3) is 11.4 Å². The van der Waals surface area contributed by atoms with Crippen LogP contribution in [0.4, 0.5) is 5.69 Å². The van der Waals surface area contributed by atoms with Crippen molar-refractivity contribution in [1.82, 2.24) is 15.0 Å². The van der Waals surface area contributed by atoms with Crippen molar-refractivity contribution >= 4 is 23.2 Å². The van der Waals surface area contributed by atoms with Crippen molar-refractivity contribution in [1.29, 1.82) is 0 Å². The van der Waals surface area contributed by atoms with Crippen molar-refractivity contribution in [3.63, 3.8) is 0 Å². The predicted octanol–water partition coefficient (Wildman–Crippen LogP) is 5.56. The Balaban J connectivity index is 1.08. The normalized spacial score (nSPS) is 17.7. The highest BCUT2D eigenvalue weighted by Gasteiger charge is 2.26. The van der Waals surface area contributed by atoms with Gasteiger partial charge in [0.2, 0.25) is 17.6 Å². The summed E-state index contributed by atoms with van der Waals surface area (Å²) >= 11 is 6.05. The maximum absolute atomic E-state index is 12.8. The van der Waals surface area contributed by atoms with Gasteiger partial charge in [0.1, 0.15) is 5.75 Å². The van der Waals surface area contributed by atoms with Crippen molar-refractivity contribution in [3.05, 3.63) is 59.4 Å². The van der Waals surface area contributed by atoms with Gasteiger partial charge in [-0.15, -0.1) is 0 Å². The fourth-order valence-electron chi connectivity index (χ4n) is 4.67. The second kappa shape index (κ2) is 10.6. The molecule has 0 atom stereocenters. The topological polar surface area (TPSA) is 80.5 Å². The van der Waals surface area contributed by atoms with Gasteiger partial charge in [-0.25, -0.2) is 0 Å². The first-order valence-electron chi connectivity index (χ1n) is 12.0. The highest BCUT2D eigenvalue weighted by atomic mass is 35.5. The Labute approximate surface area is 204 Å². The molecule has 34 heavy (non-hydrogen) atoms. The van der Waals surface area contributed by atoms with Crippen LogP contribution in [0.1, 0.15) is 44.4 Å². The lowest BCUT2D eigenvalue weighted by Crippen LogP contribution is -2.37. The molecule has 8 heteroatoms. The number of hydrogen-bond donors (Lipinski definition) is 1. The average Bonchev–Trinajstić information content (AvgIpc) is 3.53. The zero-order chi connectivity index (χ0) is 23.3. The molecule has 5 rings (SSSR count). The molecule has 1 N–H and O–H groups in total. The minimum Gasteiger partial charge on any atom is -0.490 e. The fourth-order valence-corrected chi connectivity index (χ4v) is 4.86. The third kappa shape index (κ3) is 5.77. The summed E-state index contributed by atoms with van der Waals surface area (Å²) in [7, 11) is 0. The number of halogens is 1. The molecule has 1 aliphatic heterocycles. The van der Waals surface area contributed by atoms with Gasteiger partial charge in [0.05, 0.1) is 12.6 Å². The van der Waals surface area contributed by atoms with Crippen LogP contribution < -0.4 is 10.1 Å². The number of carbonyl (C=O) groups is 1. The van der Waals surface area contributed by atoms with Crippen LogP contribution in [-0.4, -0.2) is 40.1 Å². The number of aromatic nitrogens is 2. The maximum atomic E-state index is 12.8. The lowest BCUT2D eigenvalue weighted by atomic mass is 9.96. The smallest absolute Gasteiger partial charge is 0.241 e. The summed E-state index contributed by atoms with van der Waals surface area (Å²) in [6, 6.07) is 15.1. The van der Waals surface area contributed by atoms with E-state index in [1.165, 1.54) is 12.8 Å². The summed E-state index contributed by atoms with van der Waals surface area (Å²) in [5.74, 6) is 2.04. The van der Waals surface area contributed by atoms with Crippen LogP contribution in [0, 0.1) is 5.92 Å². The molecule has 3 aromatic rings. The van der Waals surface area contributed by atoms with Gasteiger partial charge in [-0.05, 0) is 88.0 Å². The number of likely N-dealkylation sites (tertiary alicyclic amines) is 1. The van der Waals surface area contributed by atoms with Gasteiger partial charge in [-0.2, -0.15) is 4.98 Å². The van der Waals surface area contributed by atoms with E-state index in [0.717, 1.165) is 55.8 Å². The van der Waals surface area contributed by atoms with E-state index in [4.69, 9.17) is 20.9 Å². The fraction of sp³-hybridized carbons (Fsp3) is 0.423. The monoisotopic (exact) mass is 480 g/mol. The van der Waals surface area contributed by atoms with E-state index in [0.29, 0.717) is 29.4 Å². The molecule has 0 spiro atoms. The third-order valence-electron chi connectivity index (χ3n) is 6.59. The molecular formula is C26H29ClN4O3. The Kier molecular flexibility index (Phi) is 7.11. The lowest BCUT2D eigenvalue weighted by molar-refractivity contribution is -0.121. The average molecular weight is 481 g/mol. The second-order valence-corrected chi connectivity index (χ2v) is 9.55. The van der Waals surface area contributed by atoms with Crippen molar-refractivity contribution in [2.75, 3.05) is 18.4 Å². The Morgan fingerprint density at radius 2 is 1.85 bits per heavy atom. The van der Waals surface area contributed by atoms with Gasteiger partial charge in [0.25, 0.3) is 0 Å². The minimum absolute atomic E-state index is 0.00429. The van der Waals surface area contributed by atoms with E-state index in [1.54, 1.807) is 0 Å². The van der Waals surface area contributed by atoms with Crippen LogP contribution in [0.15, 0.2) is 53.1 Å². The molecular weight excluding hydrogens is 452 g/mol. The molecule has 178 valence electrons. The molecule has 0 bridgehead atoms. The Morgan fingerprint density at radius 3 is 2.59 bits per heavy atom. The maximum Gasteiger partial charge on any atom is 0.241 e. The highest BCUT2D eigenvalue weighted by Crippen LogP contribution is 2.26. The molecule has 1 aliphatic carbocycles. The summed E-state index contributed by atoms with van der Waals surface area (Å²) in [4.78, 5) is 19.5. The quantitative estimate of drug-likeness (QED) is 0.476. The number of anilines is 1. The SMILES string of the molecule is O=C(Nc1ccc(OC2CCCC2)cc1)C1CCN(Cc2nc(-c3cccc(Cl)c3)no2)CC1. The molecule has 2 heterocycles. The first-order valence-corrected chi connectivity index (χ1v) is 12.4. The Bertz CT molecular complexity index is 1100. The molecule has 7 nitrogen and oxygen atoms in total. The molecule has 2 aromatic carbocycles. The van der Waals surface area contributed by atoms with Crippen LogP contribution in [0.5, 0.6) is 5.75 Å². The molecule has 1 saturated heterocycles. The third-order valence-corrected chi connectivity index (χ3v) is 6.83. The van der Waals surface area contributed by atoms with E-state index >= 15 is 0 Å². The highest BCUT2D eigenvalue weighted by molar-refractivity contribution is 6.30. The van der Waals surface area contributed by atoms with Gasteiger partial charge in [0.15, 0.2) is 0 Å². The summed E-state index contributed by atoms with van der Waals surface area (Å²) in [6.07, 6.45) is 6.68. The Hall–Kier alpha value is -2.90. The second-order valence-electron chi connectivity index (χ2n) is 9.11. The van der Waals surface area contributed by atoms with Crippen LogP contribution in [-0.2, 0) is 11.3 Å².